The lowest BCUT2D eigenvalue weighted by molar-refractivity contribution is -0.159. The van der Waals surface area contributed by atoms with E-state index in [2.05, 4.69) is 4.74 Å². The Morgan fingerprint density at radius 1 is 1.24 bits per heavy atom. The highest BCUT2D eigenvalue weighted by molar-refractivity contribution is 5.74. The van der Waals surface area contributed by atoms with Crippen LogP contribution >= 0.6 is 0 Å². The predicted octanol–water partition coefficient (Wildman–Crippen LogP) is -0.422. The van der Waals surface area contributed by atoms with Crippen molar-refractivity contribution in [2.24, 2.45) is 5.92 Å². The Morgan fingerprint density at radius 3 is 2.18 bits per heavy atom. The molecule has 1 fully saturated rings. The Morgan fingerprint density at radius 2 is 1.76 bits per heavy atom. The number of hydrogen-bond acceptors (Lipinski definition) is 6. The molecule has 0 aromatic heterocycles. The van der Waals surface area contributed by atoms with Crippen LogP contribution in [-0.2, 0) is 28.6 Å². The van der Waals surface area contributed by atoms with Crippen LogP contribution in [0.5, 0.6) is 0 Å². The second-order valence-electron chi connectivity index (χ2n) is 4.00. The lowest BCUT2D eigenvalue weighted by Gasteiger charge is -2.22. The van der Waals surface area contributed by atoms with Crippen LogP contribution in [0.4, 0.5) is 0 Å². The first-order valence-electron chi connectivity index (χ1n) is 5.09. The first kappa shape index (κ1) is 13.4. The highest BCUT2D eigenvalue weighted by atomic mass is 16.6. The molecule has 7 nitrogen and oxygen atoms in total. The first-order valence-corrected chi connectivity index (χ1v) is 5.09. The van der Waals surface area contributed by atoms with E-state index >= 15 is 0 Å². The van der Waals surface area contributed by atoms with Crippen molar-refractivity contribution in [1.82, 2.24) is 0 Å². The minimum absolute atomic E-state index is 0.0814. The molecule has 0 bridgehead atoms. The number of carboxylic acid groups (broad SMARTS) is 1. The van der Waals surface area contributed by atoms with Gasteiger partial charge in [-0.2, -0.15) is 0 Å². The first-order chi connectivity index (χ1) is 8.02. The number of rotatable bonds is 6. The Kier molecular flexibility index (Phi) is 4.45. The van der Waals surface area contributed by atoms with E-state index in [1.165, 1.54) is 0 Å². The molecule has 0 spiro atoms. The van der Waals surface area contributed by atoms with Gasteiger partial charge >= 0.3 is 5.97 Å². The summed E-state index contributed by atoms with van der Waals surface area (Å²) in [6.07, 6.45) is -3.97. The second-order valence-corrected chi connectivity index (χ2v) is 4.00. The average Bonchev–Trinajstić information content (AvgIpc) is 2.59. The molecular formula is C10H14O7. The summed E-state index contributed by atoms with van der Waals surface area (Å²) in [6.45, 7) is 3.88. The highest BCUT2D eigenvalue weighted by Crippen LogP contribution is 2.30. The molecule has 1 aliphatic rings. The maximum Gasteiger partial charge on any atom is 0.336 e. The number of carbonyl (C=O) groups excluding carboxylic acids is 2. The van der Waals surface area contributed by atoms with E-state index in [0.717, 1.165) is 0 Å². The lowest BCUT2D eigenvalue weighted by atomic mass is 9.99. The van der Waals surface area contributed by atoms with Gasteiger partial charge in [0, 0.05) is 0 Å². The topological polar surface area (TPSA) is 99.1 Å². The largest absolute Gasteiger partial charge is 0.479 e. The van der Waals surface area contributed by atoms with Crippen molar-refractivity contribution in [2.75, 3.05) is 0 Å². The fraction of sp³-hybridized carbons (Fsp3) is 0.700. The number of carbonyl (C=O) groups is 3. The predicted molar refractivity (Wildman–Crippen MR) is 53.0 cm³/mol. The Balaban J connectivity index is 2.94. The number of aliphatic carboxylic acids is 1. The maximum absolute atomic E-state index is 10.9. The van der Waals surface area contributed by atoms with Crippen LogP contribution in [0.2, 0.25) is 0 Å². The zero-order valence-electron chi connectivity index (χ0n) is 9.44. The van der Waals surface area contributed by atoms with Crippen molar-refractivity contribution < 1.29 is 33.7 Å². The van der Waals surface area contributed by atoms with E-state index in [-0.39, 0.29) is 18.9 Å². The van der Waals surface area contributed by atoms with Crippen molar-refractivity contribution in [3.05, 3.63) is 0 Å². The number of hydrogen-bond donors (Lipinski definition) is 1. The van der Waals surface area contributed by atoms with Crippen LogP contribution in [0, 0.1) is 5.92 Å². The van der Waals surface area contributed by atoms with Gasteiger partial charge < -0.3 is 19.3 Å². The molecule has 1 heterocycles. The van der Waals surface area contributed by atoms with Gasteiger partial charge in [0.15, 0.2) is 18.3 Å². The van der Waals surface area contributed by atoms with Gasteiger partial charge in [-0.1, -0.05) is 13.8 Å². The van der Waals surface area contributed by atoms with E-state index in [1.807, 2.05) is 0 Å². The van der Waals surface area contributed by atoms with E-state index in [0.29, 0.717) is 0 Å². The van der Waals surface area contributed by atoms with Crippen molar-refractivity contribution >= 4 is 18.9 Å². The van der Waals surface area contributed by atoms with Gasteiger partial charge in [-0.05, 0) is 5.92 Å². The van der Waals surface area contributed by atoms with Gasteiger partial charge in [-0.15, -0.1) is 0 Å². The molecule has 0 aromatic rings. The summed E-state index contributed by atoms with van der Waals surface area (Å²) in [5.41, 5.74) is 0. The normalized spacial score (nSPS) is 32.2. The minimum atomic E-state index is -1.32. The molecule has 0 aliphatic carbocycles. The average molecular weight is 246 g/mol. The summed E-state index contributed by atoms with van der Waals surface area (Å²) < 4.78 is 14.7. The van der Waals surface area contributed by atoms with Crippen molar-refractivity contribution in [3.8, 4) is 0 Å². The van der Waals surface area contributed by atoms with Crippen LogP contribution in [0.15, 0.2) is 0 Å². The number of ether oxygens (including phenoxy) is 3. The van der Waals surface area contributed by atoms with E-state index in [9.17, 15) is 14.4 Å². The third kappa shape index (κ3) is 2.73. The van der Waals surface area contributed by atoms with Gasteiger partial charge in [0.05, 0.1) is 0 Å². The summed E-state index contributed by atoms with van der Waals surface area (Å²) in [4.78, 5) is 31.7. The third-order valence-electron chi connectivity index (χ3n) is 2.58. The minimum Gasteiger partial charge on any atom is -0.479 e. The zero-order valence-corrected chi connectivity index (χ0v) is 9.44. The smallest absolute Gasteiger partial charge is 0.336 e. The second kappa shape index (κ2) is 5.62. The van der Waals surface area contributed by atoms with Gasteiger partial charge in [-0.25, -0.2) is 4.79 Å². The molecule has 1 N–H and O–H groups in total. The van der Waals surface area contributed by atoms with Crippen molar-refractivity contribution in [3.63, 3.8) is 0 Å². The van der Waals surface area contributed by atoms with Crippen LogP contribution in [0.3, 0.4) is 0 Å². The summed E-state index contributed by atoms with van der Waals surface area (Å²) >= 11 is 0. The van der Waals surface area contributed by atoms with Crippen LogP contribution in [0.25, 0.3) is 0 Å². The summed E-state index contributed by atoms with van der Waals surface area (Å²) in [7, 11) is 0. The fourth-order valence-corrected chi connectivity index (χ4v) is 1.85. The van der Waals surface area contributed by atoms with Crippen LogP contribution in [-0.4, -0.2) is 48.4 Å². The molecule has 0 amide bonds. The van der Waals surface area contributed by atoms with E-state index in [4.69, 9.17) is 14.6 Å². The SMILES string of the molecule is CC(C)C1OC(C(=O)O)C(OC=O)C1OC=O. The Hall–Kier alpha value is -1.63. The monoisotopic (exact) mass is 246 g/mol. The fourth-order valence-electron chi connectivity index (χ4n) is 1.85. The molecule has 1 saturated heterocycles. The summed E-state index contributed by atoms with van der Waals surface area (Å²) in [5, 5.41) is 8.93. The molecule has 1 aliphatic heterocycles. The quantitative estimate of drug-likeness (QED) is 0.635. The molecule has 0 radical (unpaired) electrons. The third-order valence-corrected chi connectivity index (χ3v) is 2.58. The Labute approximate surface area is 97.6 Å². The van der Waals surface area contributed by atoms with Gasteiger partial charge in [-0.3, -0.25) is 9.59 Å². The van der Waals surface area contributed by atoms with Crippen LogP contribution < -0.4 is 0 Å². The summed E-state index contributed by atoms with van der Waals surface area (Å²) in [5.74, 6) is -1.35. The standard InChI is InChI=1S/C10H14O7/c1-5(2)6-7(15-3-11)8(16-4-12)9(17-6)10(13)14/h3-9H,1-2H3,(H,13,14). The Bertz CT molecular complexity index is 301. The molecule has 4 unspecified atom stereocenters. The molecule has 4 atom stereocenters. The molecular weight excluding hydrogens is 232 g/mol. The van der Waals surface area contributed by atoms with Crippen molar-refractivity contribution in [1.29, 1.82) is 0 Å². The molecule has 0 saturated carbocycles. The van der Waals surface area contributed by atoms with E-state index < -0.39 is 30.4 Å². The van der Waals surface area contributed by atoms with Crippen LogP contribution in [0.1, 0.15) is 13.8 Å². The molecule has 0 aromatic carbocycles. The number of carboxylic acids is 1. The van der Waals surface area contributed by atoms with Gasteiger partial charge in [0.25, 0.3) is 12.9 Å². The lowest BCUT2D eigenvalue weighted by Crippen LogP contribution is -2.41. The molecule has 96 valence electrons. The van der Waals surface area contributed by atoms with E-state index in [1.54, 1.807) is 13.8 Å². The highest BCUT2D eigenvalue weighted by Gasteiger charge is 2.52. The molecule has 17 heavy (non-hydrogen) atoms. The molecule has 1 rings (SSSR count). The maximum atomic E-state index is 10.9. The molecule has 7 heteroatoms. The van der Waals surface area contributed by atoms with Crippen molar-refractivity contribution in [2.45, 2.75) is 38.3 Å². The summed E-state index contributed by atoms with van der Waals surface area (Å²) in [6, 6.07) is 0. The zero-order chi connectivity index (χ0) is 13.0. The van der Waals surface area contributed by atoms with Gasteiger partial charge in [0.1, 0.15) is 6.10 Å². The van der Waals surface area contributed by atoms with Gasteiger partial charge in [0.2, 0.25) is 0 Å².